The van der Waals surface area contributed by atoms with E-state index in [0.29, 0.717) is 23.6 Å². The van der Waals surface area contributed by atoms with Crippen molar-refractivity contribution < 1.29 is 7.54 Å². The maximum atomic E-state index is 12.2. The molecule has 0 fully saturated rings. The van der Waals surface area contributed by atoms with E-state index in [2.05, 4.69) is 42.5 Å². The minimum absolute atomic E-state index is 0.0397. The summed E-state index contributed by atoms with van der Waals surface area (Å²) in [5.41, 5.74) is 8.40. The lowest BCUT2D eigenvalue weighted by Gasteiger charge is -2.16. The zero-order chi connectivity index (χ0) is 23.5. The number of carbonyl (C=O) groups excluding carboxylic acids is 1. The largest absolute Gasteiger partial charge is 0.369 e. The third-order valence-corrected chi connectivity index (χ3v) is 4.88. The van der Waals surface area contributed by atoms with Crippen LogP contribution in [0.2, 0.25) is 0 Å². The fourth-order valence-electron chi connectivity index (χ4n) is 3.28. The maximum Gasteiger partial charge on any atom is 0.251 e. The monoisotopic (exact) mass is 416 g/mol. The molecule has 4 rings (SSSR count). The number of hydrogen-bond donors (Lipinski definition) is 3. The van der Waals surface area contributed by atoms with Gasteiger partial charge in [0, 0.05) is 55.1 Å². The Labute approximate surface area is 182 Å². The zero-order valence-electron chi connectivity index (χ0n) is 19.0. The summed E-state index contributed by atoms with van der Waals surface area (Å²) in [6.07, 6.45) is 2.66. The summed E-state index contributed by atoms with van der Waals surface area (Å²) in [7, 11) is 1.60. The molecule has 1 amide bonds. The van der Waals surface area contributed by atoms with Crippen LogP contribution in [-0.4, -0.2) is 44.4 Å². The fraction of sp³-hybridized carbons (Fsp3) is 0.182. The number of amides is 1. The molecule has 0 spiro atoms. The highest BCUT2D eigenvalue weighted by Crippen LogP contribution is 2.27. The molecule has 0 radical (unpaired) electrons. The highest BCUT2D eigenvalue weighted by molar-refractivity contribution is 6.06. The summed E-state index contributed by atoms with van der Waals surface area (Å²) in [6.45, 7) is 2.58. The van der Waals surface area contributed by atoms with Gasteiger partial charge in [0.25, 0.3) is 5.91 Å². The standard InChI is InChI=1S/C22H22N8O/c1-13(15-4-3-5-16-17(21(31)24-2)6-7-25-20(15)16)9-26-19-8-18(29-12-30-19)14-10-27-22(23)28-11-14/h3-8,10-13H,9H2,1-2H3,(H,24,31)(H2,23,27,28)(H,26,29,30)/t13-/m1/s1/i10D,11D. The number of nitrogen functional groups attached to an aromatic ring is 1. The molecule has 1 aromatic carbocycles. The van der Waals surface area contributed by atoms with Gasteiger partial charge in [-0.05, 0) is 11.6 Å². The summed E-state index contributed by atoms with van der Waals surface area (Å²) >= 11 is 0. The molecule has 4 aromatic rings. The van der Waals surface area contributed by atoms with Crippen molar-refractivity contribution in [1.82, 2.24) is 30.2 Å². The molecular weight excluding hydrogens is 392 g/mol. The normalized spacial score (nSPS) is 12.7. The van der Waals surface area contributed by atoms with Gasteiger partial charge in [0.15, 0.2) is 0 Å². The molecule has 0 saturated heterocycles. The molecule has 3 aromatic heterocycles. The Kier molecular flexibility index (Phi) is 4.97. The molecule has 0 aliphatic carbocycles. The number of anilines is 2. The van der Waals surface area contributed by atoms with E-state index >= 15 is 0 Å². The van der Waals surface area contributed by atoms with Gasteiger partial charge in [-0.25, -0.2) is 19.9 Å². The summed E-state index contributed by atoms with van der Waals surface area (Å²) in [5, 5.41) is 6.72. The first-order valence-corrected chi connectivity index (χ1v) is 9.65. The number of aromatic nitrogens is 5. The molecule has 0 bridgehead atoms. The van der Waals surface area contributed by atoms with E-state index < -0.39 is 0 Å². The van der Waals surface area contributed by atoms with Gasteiger partial charge >= 0.3 is 0 Å². The Morgan fingerprint density at radius 2 is 1.97 bits per heavy atom. The first kappa shape index (κ1) is 17.7. The quantitative estimate of drug-likeness (QED) is 0.437. The molecule has 4 N–H and O–H groups in total. The predicted octanol–water partition coefficient (Wildman–Crippen LogP) is 2.64. The molecule has 0 unspecified atom stereocenters. The van der Waals surface area contributed by atoms with Crippen LogP contribution in [0.1, 0.15) is 31.5 Å². The van der Waals surface area contributed by atoms with E-state index in [0.717, 1.165) is 16.5 Å². The number of nitrogens with one attached hydrogen (secondary N) is 2. The smallest absolute Gasteiger partial charge is 0.251 e. The van der Waals surface area contributed by atoms with Gasteiger partial charge in [0.05, 0.1) is 19.5 Å². The highest BCUT2D eigenvalue weighted by atomic mass is 16.1. The van der Waals surface area contributed by atoms with Crippen molar-refractivity contribution in [3.05, 3.63) is 66.3 Å². The second kappa shape index (κ2) is 8.70. The molecule has 156 valence electrons. The topological polar surface area (TPSA) is 132 Å². The van der Waals surface area contributed by atoms with E-state index in [1.807, 2.05) is 18.2 Å². The van der Waals surface area contributed by atoms with Gasteiger partial charge < -0.3 is 16.4 Å². The van der Waals surface area contributed by atoms with Crippen LogP contribution >= 0.6 is 0 Å². The Hall–Kier alpha value is -4.14. The molecule has 3 heterocycles. The van der Waals surface area contributed by atoms with Crippen molar-refractivity contribution in [2.24, 2.45) is 0 Å². The second-order valence-corrected chi connectivity index (χ2v) is 6.93. The maximum absolute atomic E-state index is 12.2. The predicted molar refractivity (Wildman–Crippen MR) is 120 cm³/mol. The number of pyridine rings is 1. The first-order chi connectivity index (χ1) is 15.9. The third kappa shape index (κ3) is 4.25. The van der Waals surface area contributed by atoms with Gasteiger partial charge in [-0.3, -0.25) is 9.78 Å². The number of carbonyl (C=O) groups is 1. The zero-order valence-corrected chi connectivity index (χ0v) is 17.0. The lowest BCUT2D eigenvalue weighted by atomic mass is 9.96. The number of hydrogen-bond acceptors (Lipinski definition) is 8. The van der Waals surface area contributed by atoms with Crippen LogP contribution in [0.15, 0.2) is 55.2 Å². The van der Waals surface area contributed by atoms with Crippen LogP contribution in [0.5, 0.6) is 0 Å². The molecule has 0 saturated carbocycles. The van der Waals surface area contributed by atoms with E-state index in [4.69, 9.17) is 8.48 Å². The van der Waals surface area contributed by atoms with Crippen LogP contribution in [0.4, 0.5) is 11.8 Å². The van der Waals surface area contributed by atoms with Crippen molar-refractivity contribution in [2.45, 2.75) is 12.8 Å². The van der Waals surface area contributed by atoms with Gasteiger partial charge in [0.2, 0.25) is 5.95 Å². The van der Waals surface area contributed by atoms with Crippen molar-refractivity contribution in [3.63, 3.8) is 0 Å². The number of benzene rings is 1. The molecule has 9 heteroatoms. The summed E-state index contributed by atoms with van der Waals surface area (Å²) in [5.74, 6) is 0.283. The minimum Gasteiger partial charge on any atom is -0.369 e. The molecule has 1 atom stereocenters. The van der Waals surface area contributed by atoms with E-state index in [9.17, 15) is 4.79 Å². The van der Waals surface area contributed by atoms with Crippen molar-refractivity contribution in [1.29, 1.82) is 0 Å². The Morgan fingerprint density at radius 1 is 1.16 bits per heavy atom. The van der Waals surface area contributed by atoms with E-state index in [1.165, 1.54) is 6.33 Å². The van der Waals surface area contributed by atoms with Crippen LogP contribution in [-0.2, 0) is 0 Å². The summed E-state index contributed by atoms with van der Waals surface area (Å²) in [4.78, 5) is 32.8. The molecular formula is C22H22N8O. The third-order valence-electron chi connectivity index (χ3n) is 4.88. The molecule has 9 nitrogen and oxygen atoms in total. The molecule has 0 aliphatic rings. The number of nitrogens with zero attached hydrogens (tertiary/aromatic N) is 5. The first-order valence-electron chi connectivity index (χ1n) is 10.7. The Balaban J connectivity index is 1.58. The number of rotatable bonds is 6. The summed E-state index contributed by atoms with van der Waals surface area (Å²) < 4.78 is 16.0. The molecule has 31 heavy (non-hydrogen) atoms. The van der Waals surface area contributed by atoms with Crippen LogP contribution in [0, 0.1) is 0 Å². The van der Waals surface area contributed by atoms with Crippen LogP contribution < -0.4 is 16.4 Å². The highest BCUT2D eigenvalue weighted by Gasteiger charge is 2.15. The van der Waals surface area contributed by atoms with Crippen LogP contribution in [0.3, 0.4) is 0 Å². The minimum atomic E-state index is -0.167. The van der Waals surface area contributed by atoms with Gasteiger partial charge in [-0.1, -0.05) is 25.1 Å². The van der Waals surface area contributed by atoms with E-state index in [1.54, 1.807) is 25.4 Å². The average molecular weight is 416 g/mol. The number of nitrogens with two attached hydrogens (primary N) is 1. The van der Waals surface area contributed by atoms with Crippen LogP contribution in [0.25, 0.3) is 22.2 Å². The van der Waals surface area contributed by atoms with Crippen molar-refractivity contribution >= 4 is 28.6 Å². The Morgan fingerprint density at radius 3 is 2.74 bits per heavy atom. The average Bonchev–Trinajstić information content (AvgIpc) is 2.81. The van der Waals surface area contributed by atoms with Gasteiger partial charge in [0.1, 0.15) is 12.1 Å². The lowest BCUT2D eigenvalue weighted by Crippen LogP contribution is -2.18. The van der Waals surface area contributed by atoms with Crippen molar-refractivity contribution in [3.8, 4) is 11.3 Å². The second-order valence-electron chi connectivity index (χ2n) is 6.93. The molecule has 0 aliphatic heterocycles. The lowest BCUT2D eigenvalue weighted by molar-refractivity contribution is 0.0964. The number of fused-ring (bicyclic) bond motifs is 1. The van der Waals surface area contributed by atoms with Gasteiger partial charge in [-0.2, -0.15) is 0 Å². The summed E-state index contributed by atoms with van der Waals surface area (Å²) in [6, 6.07) is 9.14. The Bertz CT molecular complexity index is 1320. The van der Waals surface area contributed by atoms with Gasteiger partial charge in [-0.15, -0.1) is 0 Å². The fourth-order valence-corrected chi connectivity index (χ4v) is 3.28. The van der Waals surface area contributed by atoms with Crippen molar-refractivity contribution in [2.75, 3.05) is 24.6 Å². The number of para-hydroxylation sites is 1. The van der Waals surface area contributed by atoms with E-state index in [-0.39, 0.29) is 35.7 Å². The SMILES string of the molecule is [2H]c1nc(N)nc([2H])c1-c1cc(NC[C@@H](C)c2cccc3c(C(=O)NC)ccnc23)ncn1.